The SMILES string of the molecule is CNC(=O)C(N)(Cc1cccnc1)OC. The number of methoxy groups -OCH3 is 1. The lowest BCUT2D eigenvalue weighted by Gasteiger charge is -2.25. The molecule has 5 nitrogen and oxygen atoms in total. The van der Waals surface area contributed by atoms with Crippen LogP contribution in [0.4, 0.5) is 0 Å². The van der Waals surface area contributed by atoms with Crippen molar-refractivity contribution in [2.75, 3.05) is 14.2 Å². The van der Waals surface area contributed by atoms with Crippen LogP contribution in [0.3, 0.4) is 0 Å². The molecule has 1 aromatic heterocycles. The standard InChI is InChI=1S/C10H15N3O2/c1-12-9(14)10(11,15-2)6-8-4-3-5-13-7-8/h3-5,7H,6,11H2,1-2H3,(H,12,14). The van der Waals surface area contributed by atoms with Crippen molar-refractivity contribution in [2.24, 2.45) is 5.73 Å². The maximum absolute atomic E-state index is 11.5. The topological polar surface area (TPSA) is 77.2 Å². The van der Waals surface area contributed by atoms with Crippen molar-refractivity contribution < 1.29 is 9.53 Å². The van der Waals surface area contributed by atoms with E-state index in [1.165, 1.54) is 14.2 Å². The molecule has 1 aromatic rings. The second-order valence-corrected chi connectivity index (χ2v) is 3.21. The lowest BCUT2D eigenvalue weighted by Crippen LogP contribution is -2.56. The first kappa shape index (κ1) is 11.6. The van der Waals surface area contributed by atoms with E-state index in [1.54, 1.807) is 18.5 Å². The maximum Gasteiger partial charge on any atom is 0.267 e. The highest BCUT2D eigenvalue weighted by Crippen LogP contribution is 2.11. The third kappa shape index (κ3) is 2.74. The number of nitrogens with one attached hydrogen (secondary N) is 1. The van der Waals surface area contributed by atoms with E-state index in [4.69, 9.17) is 10.5 Å². The normalized spacial score (nSPS) is 14.3. The van der Waals surface area contributed by atoms with E-state index in [9.17, 15) is 4.79 Å². The number of nitrogens with zero attached hydrogens (tertiary/aromatic N) is 1. The van der Waals surface area contributed by atoms with E-state index in [2.05, 4.69) is 10.3 Å². The van der Waals surface area contributed by atoms with Crippen molar-refractivity contribution in [3.05, 3.63) is 30.1 Å². The molecule has 0 aliphatic heterocycles. The minimum absolute atomic E-state index is 0.289. The van der Waals surface area contributed by atoms with Gasteiger partial charge in [0.2, 0.25) is 0 Å². The molecule has 0 aliphatic carbocycles. The molecule has 15 heavy (non-hydrogen) atoms. The van der Waals surface area contributed by atoms with Gasteiger partial charge in [-0.15, -0.1) is 0 Å². The first-order chi connectivity index (χ1) is 7.12. The van der Waals surface area contributed by atoms with Crippen LogP contribution in [-0.4, -0.2) is 30.8 Å². The van der Waals surface area contributed by atoms with Crippen LogP contribution in [0.1, 0.15) is 5.56 Å². The number of aromatic nitrogens is 1. The summed E-state index contributed by atoms with van der Waals surface area (Å²) in [5.74, 6) is -0.353. The van der Waals surface area contributed by atoms with Gasteiger partial charge in [0.25, 0.3) is 5.91 Å². The number of hydrogen-bond donors (Lipinski definition) is 2. The lowest BCUT2D eigenvalue weighted by atomic mass is 10.0. The number of rotatable bonds is 4. The van der Waals surface area contributed by atoms with E-state index in [0.29, 0.717) is 0 Å². The number of amides is 1. The van der Waals surface area contributed by atoms with Crippen molar-refractivity contribution in [1.82, 2.24) is 10.3 Å². The average Bonchev–Trinajstić information content (AvgIpc) is 2.29. The average molecular weight is 209 g/mol. The summed E-state index contributed by atoms with van der Waals surface area (Å²) >= 11 is 0. The van der Waals surface area contributed by atoms with E-state index >= 15 is 0 Å². The fraction of sp³-hybridized carbons (Fsp3) is 0.400. The van der Waals surface area contributed by atoms with Crippen LogP contribution in [0.15, 0.2) is 24.5 Å². The predicted octanol–water partition coefficient (Wildman–Crippen LogP) is -0.328. The van der Waals surface area contributed by atoms with Crippen molar-refractivity contribution >= 4 is 5.91 Å². The summed E-state index contributed by atoms with van der Waals surface area (Å²) in [5.41, 5.74) is 5.34. The van der Waals surface area contributed by atoms with Gasteiger partial charge in [0.15, 0.2) is 5.72 Å². The van der Waals surface area contributed by atoms with Gasteiger partial charge in [0.05, 0.1) is 0 Å². The number of carbonyl (C=O) groups is 1. The van der Waals surface area contributed by atoms with Gasteiger partial charge in [-0.3, -0.25) is 15.5 Å². The van der Waals surface area contributed by atoms with Gasteiger partial charge in [0, 0.05) is 33.0 Å². The highest BCUT2D eigenvalue weighted by molar-refractivity contribution is 5.84. The molecule has 0 spiro atoms. The predicted molar refractivity (Wildman–Crippen MR) is 55.9 cm³/mol. The van der Waals surface area contributed by atoms with Crippen molar-refractivity contribution in [2.45, 2.75) is 12.1 Å². The summed E-state index contributed by atoms with van der Waals surface area (Å²) < 4.78 is 5.03. The van der Waals surface area contributed by atoms with Crippen LogP contribution in [0, 0.1) is 0 Å². The van der Waals surface area contributed by atoms with Gasteiger partial charge in [0.1, 0.15) is 0 Å². The van der Waals surface area contributed by atoms with Gasteiger partial charge >= 0.3 is 0 Å². The van der Waals surface area contributed by atoms with Crippen molar-refractivity contribution in [3.63, 3.8) is 0 Å². The minimum Gasteiger partial charge on any atom is -0.355 e. The second-order valence-electron chi connectivity index (χ2n) is 3.21. The number of likely N-dealkylation sites (N-methyl/N-ethyl adjacent to an activating group) is 1. The lowest BCUT2D eigenvalue weighted by molar-refractivity contribution is -0.142. The van der Waals surface area contributed by atoms with Gasteiger partial charge in [-0.25, -0.2) is 0 Å². The summed E-state index contributed by atoms with van der Waals surface area (Å²) in [7, 11) is 2.93. The molecule has 0 saturated heterocycles. The van der Waals surface area contributed by atoms with Gasteiger partial charge in [-0.05, 0) is 11.6 Å². The molecule has 82 valence electrons. The van der Waals surface area contributed by atoms with Gasteiger partial charge in [-0.2, -0.15) is 0 Å². The van der Waals surface area contributed by atoms with E-state index in [0.717, 1.165) is 5.56 Å². The molecule has 1 atom stereocenters. The molecule has 0 radical (unpaired) electrons. The number of pyridine rings is 1. The molecule has 0 saturated carbocycles. The smallest absolute Gasteiger partial charge is 0.267 e. The molecule has 3 N–H and O–H groups in total. The number of hydrogen-bond acceptors (Lipinski definition) is 4. The molecular weight excluding hydrogens is 194 g/mol. The third-order valence-corrected chi connectivity index (χ3v) is 2.17. The Balaban J connectivity index is 2.81. The van der Waals surface area contributed by atoms with Crippen LogP contribution in [0.25, 0.3) is 0 Å². The van der Waals surface area contributed by atoms with Crippen LogP contribution in [0.5, 0.6) is 0 Å². The largest absolute Gasteiger partial charge is 0.355 e. The fourth-order valence-electron chi connectivity index (χ4n) is 1.26. The molecule has 5 heteroatoms. The number of nitrogens with two attached hydrogens (primary N) is 1. The zero-order valence-electron chi connectivity index (χ0n) is 8.86. The molecule has 1 heterocycles. The molecule has 1 amide bonds. The summed E-state index contributed by atoms with van der Waals surface area (Å²) in [6.07, 6.45) is 3.61. The Morgan fingerprint density at radius 1 is 1.73 bits per heavy atom. The summed E-state index contributed by atoms with van der Waals surface area (Å²) in [4.78, 5) is 15.4. The van der Waals surface area contributed by atoms with Crippen LogP contribution >= 0.6 is 0 Å². The molecule has 1 unspecified atom stereocenters. The maximum atomic E-state index is 11.5. The molecule has 0 aromatic carbocycles. The van der Waals surface area contributed by atoms with E-state index in [-0.39, 0.29) is 12.3 Å². The highest BCUT2D eigenvalue weighted by atomic mass is 16.5. The summed E-state index contributed by atoms with van der Waals surface area (Å²) in [5, 5.41) is 2.47. The first-order valence-electron chi connectivity index (χ1n) is 4.57. The molecule has 1 rings (SSSR count). The monoisotopic (exact) mass is 209 g/mol. The Bertz CT molecular complexity index is 329. The van der Waals surface area contributed by atoms with Crippen molar-refractivity contribution in [3.8, 4) is 0 Å². The third-order valence-electron chi connectivity index (χ3n) is 2.17. The van der Waals surface area contributed by atoms with Crippen LogP contribution < -0.4 is 11.1 Å². The van der Waals surface area contributed by atoms with Crippen molar-refractivity contribution in [1.29, 1.82) is 0 Å². The van der Waals surface area contributed by atoms with E-state index in [1.807, 2.05) is 6.07 Å². The van der Waals surface area contributed by atoms with Crippen LogP contribution in [-0.2, 0) is 16.0 Å². The zero-order valence-corrected chi connectivity index (χ0v) is 8.86. The quantitative estimate of drug-likeness (QED) is 0.666. The molecule has 0 fully saturated rings. The molecule has 0 aliphatic rings. The Kier molecular flexibility index (Phi) is 3.76. The summed E-state index contributed by atoms with van der Waals surface area (Å²) in [6.45, 7) is 0. The Hall–Kier alpha value is -1.46. The highest BCUT2D eigenvalue weighted by Gasteiger charge is 2.33. The number of ether oxygens (including phenoxy) is 1. The Labute approximate surface area is 88.6 Å². The first-order valence-corrected chi connectivity index (χ1v) is 4.57. The molecule has 0 bridgehead atoms. The van der Waals surface area contributed by atoms with Gasteiger partial charge < -0.3 is 10.1 Å². The Morgan fingerprint density at radius 2 is 2.47 bits per heavy atom. The summed E-state index contributed by atoms with van der Waals surface area (Å²) in [6, 6.07) is 3.63. The molecular formula is C10H15N3O2. The van der Waals surface area contributed by atoms with E-state index < -0.39 is 5.72 Å². The second kappa shape index (κ2) is 4.86. The zero-order chi connectivity index (χ0) is 11.3. The van der Waals surface area contributed by atoms with Crippen LogP contribution in [0.2, 0.25) is 0 Å². The van der Waals surface area contributed by atoms with Gasteiger partial charge in [-0.1, -0.05) is 6.07 Å². The minimum atomic E-state index is -1.34. The Morgan fingerprint density at radius 3 is 2.93 bits per heavy atom. The number of carbonyl (C=O) groups excluding carboxylic acids is 1. The fourth-order valence-corrected chi connectivity index (χ4v) is 1.26.